The number of piperazine rings is 1. The van der Waals surface area contributed by atoms with E-state index in [4.69, 9.17) is 4.98 Å². The van der Waals surface area contributed by atoms with Gasteiger partial charge >= 0.3 is 0 Å². The number of fused-ring (bicyclic) bond motifs is 2. The number of hydrogen-bond donors (Lipinski definition) is 0. The van der Waals surface area contributed by atoms with E-state index in [0.29, 0.717) is 44.7 Å². The Hall–Kier alpha value is -3.43. The first-order valence-corrected chi connectivity index (χ1v) is 14.7. The summed E-state index contributed by atoms with van der Waals surface area (Å²) in [5, 5.41) is 0.994. The Labute approximate surface area is 221 Å². The molecule has 0 unspecified atom stereocenters. The highest BCUT2D eigenvalue weighted by Gasteiger charge is 2.31. The highest BCUT2D eigenvalue weighted by Crippen LogP contribution is 2.34. The van der Waals surface area contributed by atoms with Crippen LogP contribution in [0.5, 0.6) is 0 Å². The lowest BCUT2D eigenvalue weighted by Crippen LogP contribution is -2.48. The Balaban J connectivity index is 1.13. The summed E-state index contributed by atoms with van der Waals surface area (Å²) in [6.07, 6.45) is 0.703. The van der Waals surface area contributed by atoms with Gasteiger partial charge in [0.15, 0.2) is 5.13 Å². The maximum absolute atomic E-state index is 13.3. The SMILES string of the molecule is Cc1cc(C)c2sc(N3CCN(C(=O)c4ccc(S(=O)(=O)N5CCc6ccccc65)cc4)CC3)nc2c1. The molecule has 2 aliphatic rings. The van der Waals surface area contributed by atoms with Crippen LogP contribution in [0.25, 0.3) is 10.2 Å². The molecule has 1 aromatic heterocycles. The van der Waals surface area contributed by atoms with Crippen molar-refractivity contribution in [3.05, 3.63) is 82.9 Å². The lowest BCUT2D eigenvalue weighted by Gasteiger charge is -2.34. The minimum absolute atomic E-state index is 0.0779. The van der Waals surface area contributed by atoms with Gasteiger partial charge in [0.05, 0.1) is 20.8 Å². The maximum Gasteiger partial charge on any atom is 0.264 e. The van der Waals surface area contributed by atoms with Crippen molar-refractivity contribution in [1.82, 2.24) is 9.88 Å². The fourth-order valence-electron chi connectivity index (χ4n) is 5.24. The molecule has 190 valence electrons. The zero-order valence-electron chi connectivity index (χ0n) is 20.8. The predicted molar refractivity (Wildman–Crippen MR) is 148 cm³/mol. The lowest BCUT2D eigenvalue weighted by atomic mass is 10.1. The van der Waals surface area contributed by atoms with Gasteiger partial charge in [-0.05, 0) is 73.4 Å². The first-order valence-electron chi connectivity index (χ1n) is 12.4. The molecule has 3 aromatic carbocycles. The molecule has 1 saturated heterocycles. The molecule has 1 amide bonds. The smallest absolute Gasteiger partial charge is 0.264 e. The highest BCUT2D eigenvalue weighted by atomic mass is 32.2. The first-order chi connectivity index (χ1) is 17.8. The number of rotatable bonds is 4. The van der Waals surface area contributed by atoms with E-state index in [9.17, 15) is 13.2 Å². The average Bonchev–Trinajstić information content (AvgIpc) is 3.54. The topological polar surface area (TPSA) is 73.8 Å². The second kappa shape index (κ2) is 9.15. The van der Waals surface area contributed by atoms with Crippen LogP contribution in [0.2, 0.25) is 0 Å². The number of anilines is 2. The number of aromatic nitrogens is 1. The maximum atomic E-state index is 13.3. The van der Waals surface area contributed by atoms with Crippen molar-refractivity contribution < 1.29 is 13.2 Å². The van der Waals surface area contributed by atoms with Crippen molar-refractivity contribution in [2.24, 2.45) is 0 Å². The molecule has 7 nitrogen and oxygen atoms in total. The fraction of sp³-hybridized carbons (Fsp3) is 0.286. The van der Waals surface area contributed by atoms with Crippen LogP contribution in [0.3, 0.4) is 0 Å². The summed E-state index contributed by atoms with van der Waals surface area (Å²) in [6, 6.07) is 18.2. The molecule has 0 saturated carbocycles. The number of carbonyl (C=O) groups is 1. The van der Waals surface area contributed by atoms with Gasteiger partial charge in [-0.25, -0.2) is 13.4 Å². The molecular formula is C28H28N4O3S2. The molecule has 6 rings (SSSR count). The third-order valence-electron chi connectivity index (χ3n) is 7.18. The number of aryl methyl sites for hydroxylation is 2. The number of sulfonamides is 1. The summed E-state index contributed by atoms with van der Waals surface area (Å²) >= 11 is 1.71. The molecule has 3 heterocycles. The van der Waals surface area contributed by atoms with Crippen molar-refractivity contribution in [2.75, 3.05) is 41.9 Å². The van der Waals surface area contributed by atoms with Gasteiger partial charge in [-0.2, -0.15) is 0 Å². The Morgan fingerprint density at radius 1 is 0.919 bits per heavy atom. The van der Waals surface area contributed by atoms with E-state index in [1.165, 1.54) is 20.1 Å². The van der Waals surface area contributed by atoms with E-state index in [2.05, 4.69) is 30.9 Å². The molecule has 2 aliphatic heterocycles. The van der Waals surface area contributed by atoms with Crippen molar-refractivity contribution in [3.8, 4) is 0 Å². The van der Waals surface area contributed by atoms with Crippen LogP contribution in [-0.4, -0.2) is 56.9 Å². The number of para-hydroxylation sites is 1. The molecule has 0 aliphatic carbocycles. The van der Waals surface area contributed by atoms with Gasteiger partial charge in [0.1, 0.15) is 0 Å². The van der Waals surface area contributed by atoms with Gasteiger partial charge in [0.25, 0.3) is 15.9 Å². The number of hydrogen-bond acceptors (Lipinski definition) is 6. The third kappa shape index (κ3) is 4.26. The highest BCUT2D eigenvalue weighted by molar-refractivity contribution is 7.92. The zero-order valence-corrected chi connectivity index (χ0v) is 22.5. The van der Waals surface area contributed by atoms with E-state index < -0.39 is 10.0 Å². The number of thiazole rings is 1. The van der Waals surface area contributed by atoms with Crippen molar-refractivity contribution in [3.63, 3.8) is 0 Å². The van der Waals surface area contributed by atoms with Crippen LogP contribution in [0, 0.1) is 13.8 Å². The van der Waals surface area contributed by atoms with Crippen LogP contribution < -0.4 is 9.21 Å². The van der Waals surface area contributed by atoms with Gasteiger partial charge in [0.2, 0.25) is 0 Å². The lowest BCUT2D eigenvalue weighted by molar-refractivity contribution is 0.0746. The van der Waals surface area contributed by atoms with Crippen LogP contribution >= 0.6 is 11.3 Å². The van der Waals surface area contributed by atoms with Crippen LogP contribution in [0.4, 0.5) is 10.8 Å². The number of nitrogens with zero attached hydrogens (tertiary/aromatic N) is 4. The average molecular weight is 533 g/mol. The van der Waals surface area contributed by atoms with Crippen molar-refractivity contribution in [2.45, 2.75) is 25.2 Å². The first kappa shape index (κ1) is 23.9. The van der Waals surface area contributed by atoms with E-state index in [-0.39, 0.29) is 10.8 Å². The Bertz CT molecular complexity index is 1600. The molecule has 0 radical (unpaired) electrons. The standard InChI is InChI=1S/C28H28N4O3S2/c1-19-17-20(2)26-24(18-19)29-28(36-26)31-15-13-30(14-16-31)27(33)22-7-9-23(10-8-22)37(34,35)32-12-11-21-5-3-4-6-25(21)32/h3-10,17-18H,11-16H2,1-2H3. The normalized spacial score (nSPS) is 15.9. The van der Waals surface area contributed by atoms with Crippen LogP contribution in [0.1, 0.15) is 27.0 Å². The van der Waals surface area contributed by atoms with Gasteiger partial charge in [-0.3, -0.25) is 9.10 Å². The summed E-state index contributed by atoms with van der Waals surface area (Å²) in [5.41, 5.74) is 5.75. The molecule has 4 aromatic rings. The van der Waals surface area contributed by atoms with Gasteiger partial charge in [-0.15, -0.1) is 0 Å². The Morgan fingerprint density at radius 3 is 2.41 bits per heavy atom. The van der Waals surface area contributed by atoms with E-state index in [1.807, 2.05) is 29.2 Å². The van der Waals surface area contributed by atoms with Crippen LogP contribution in [0.15, 0.2) is 65.6 Å². The van der Waals surface area contributed by atoms with E-state index >= 15 is 0 Å². The van der Waals surface area contributed by atoms with Crippen LogP contribution in [-0.2, 0) is 16.4 Å². The minimum atomic E-state index is -3.68. The van der Waals surface area contributed by atoms with Gasteiger partial charge < -0.3 is 9.80 Å². The van der Waals surface area contributed by atoms with Gasteiger partial charge in [0, 0.05) is 38.3 Å². The summed E-state index contributed by atoms with van der Waals surface area (Å²) in [7, 11) is -3.68. The van der Waals surface area contributed by atoms with E-state index in [0.717, 1.165) is 21.9 Å². The van der Waals surface area contributed by atoms with E-state index in [1.54, 1.807) is 35.6 Å². The fourth-order valence-corrected chi connectivity index (χ4v) is 7.81. The Morgan fingerprint density at radius 2 is 1.65 bits per heavy atom. The molecule has 0 spiro atoms. The molecular weight excluding hydrogens is 504 g/mol. The minimum Gasteiger partial charge on any atom is -0.345 e. The summed E-state index contributed by atoms with van der Waals surface area (Å²) in [4.78, 5) is 22.3. The molecule has 1 fully saturated rings. The number of amides is 1. The summed E-state index contributed by atoms with van der Waals surface area (Å²) in [6.45, 7) is 7.25. The number of carbonyl (C=O) groups excluding carboxylic acids is 1. The molecule has 0 atom stereocenters. The van der Waals surface area contributed by atoms with Crippen molar-refractivity contribution in [1.29, 1.82) is 0 Å². The molecule has 37 heavy (non-hydrogen) atoms. The van der Waals surface area contributed by atoms with Gasteiger partial charge in [-0.1, -0.05) is 35.6 Å². The largest absolute Gasteiger partial charge is 0.345 e. The zero-order chi connectivity index (χ0) is 25.7. The predicted octanol–water partition coefficient (Wildman–Crippen LogP) is 4.63. The Kier molecular flexibility index (Phi) is 5.92. The quantitative estimate of drug-likeness (QED) is 0.383. The second-order valence-corrected chi connectivity index (χ2v) is 12.5. The summed E-state index contributed by atoms with van der Waals surface area (Å²) in [5.74, 6) is -0.0779. The summed E-state index contributed by atoms with van der Waals surface area (Å²) < 4.78 is 29.2. The second-order valence-electron chi connectivity index (χ2n) is 9.69. The molecule has 0 N–H and O–H groups in total. The number of benzene rings is 3. The van der Waals surface area contributed by atoms with Crippen molar-refractivity contribution >= 4 is 48.3 Å². The third-order valence-corrected chi connectivity index (χ3v) is 10.3. The monoisotopic (exact) mass is 532 g/mol. The molecule has 9 heteroatoms. The molecule has 0 bridgehead atoms.